The van der Waals surface area contributed by atoms with E-state index in [9.17, 15) is 8.42 Å². The van der Waals surface area contributed by atoms with Gasteiger partial charge in [-0.05, 0) is 43.3 Å². The summed E-state index contributed by atoms with van der Waals surface area (Å²) in [5, 5.41) is 0.596. The lowest BCUT2D eigenvalue weighted by molar-refractivity contribution is 0.580. The van der Waals surface area contributed by atoms with Gasteiger partial charge in [-0.3, -0.25) is 0 Å². The summed E-state index contributed by atoms with van der Waals surface area (Å²) in [5.41, 5.74) is 2.12. The molecule has 0 aliphatic heterocycles. The highest BCUT2D eigenvalue weighted by Crippen LogP contribution is 2.31. The third-order valence-corrected chi connectivity index (χ3v) is 5.88. The smallest absolute Gasteiger partial charge is 0.207 e. The van der Waals surface area contributed by atoms with E-state index in [-0.39, 0.29) is 9.79 Å². The maximum Gasteiger partial charge on any atom is 0.207 e. The van der Waals surface area contributed by atoms with Crippen LogP contribution in [0.1, 0.15) is 5.56 Å². The van der Waals surface area contributed by atoms with E-state index in [1.165, 1.54) is 0 Å². The molecule has 0 saturated heterocycles. The van der Waals surface area contributed by atoms with Crippen molar-refractivity contribution in [3.05, 3.63) is 78.6 Å². The molecule has 25 heavy (non-hydrogen) atoms. The van der Waals surface area contributed by atoms with E-state index in [0.29, 0.717) is 22.4 Å². The van der Waals surface area contributed by atoms with Gasteiger partial charge < -0.3 is 4.42 Å². The Bertz CT molecular complexity index is 1150. The van der Waals surface area contributed by atoms with Crippen molar-refractivity contribution in [1.82, 2.24) is 4.98 Å². The van der Waals surface area contributed by atoms with Gasteiger partial charge in [-0.1, -0.05) is 35.9 Å². The number of rotatable bonds is 3. The Labute approximate surface area is 145 Å². The number of aryl methyl sites for hydroxylation is 1. The number of para-hydroxylation sites is 1. The molecule has 0 unspecified atom stereocenters. The first-order valence-electron chi connectivity index (χ1n) is 7.81. The zero-order valence-electron chi connectivity index (χ0n) is 13.5. The van der Waals surface area contributed by atoms with E-state index >= 15 is 0 Å². The summed E-state index contributed by atoms with van der Waals surface area (Å²) in [4.78, 5) is 5.04. The lowest BCUT2D eigenvalue weighted by Crippen LogP contribution is -2.04. The van der Waals surface area contributed by atoms with Crippen molar-refractivity contribution in [3.63, 3.8) is 0 Å². The summed E-state index contributed by atoms with van der Waals surface area (Å²) >= 11 is 0. The topological polar surface area (TPSA) is 60.2 Å². The van der Waals surface area contributed by atoms with Crippen molar-refractivity contribution in [3.8, 4) is 11.5 Å². The predicted molar refractivity (Wildman–Crippen MR) is 96.1 cm³/mol. The van der Waals surface area contributed by atoms with E-state index in [2.05, 4.69) is 4.98 Å². The van der Waals surface area contributed by atoms with E-state index in [1.54, 1.807) is 60.9 Å². The number of hydrogen-bond acceptors (Lipinski definition) is 4. The molecule has 0 aliphatic carbocycles. The summed E-state index contributed by atoms with van der Waals surface area (Å²) < 4.78 is 31.8. The average Bonchev–Trinajstić information content (AvgIpc) is 3.16. The minimum atomic E-state index is -3.68. The average molecular weight is 349 g/mol. The molecular formula is C20H15NO3S. The van der Waals surface area contributed by atoms with Gasteiger partial charge in [-0.25, -0.2) is 13.4 Å². The highest BCUT2D eigenvalue weighted by atomic mass is 32.2. The van der Waals surface area contributed by atoms with Crippen LogP contribution < -0.4 is 0 Å². The van der Waals surface area contributed by atoms with Crippen LogP contribution in [-0.4, -0.2) is 13.4 Å². The maximum absolute atomic E-state index is 13.2. The summed E-state index contributed by atoms with van der Waals surface area (Å²) in [6, 6.07) is 19.2. The highest BCUT2D eigenvalue weighted by molar-refractivity contribution is 7.91. The van der Waals surface area contributed by atoms with Crippen LogP contribution in [0.5, 0.6) is 0 Å². The number of hydrogen-bond donors (Lipinski definition) is 0. The van der Waals surface area contributed by atoms with Crippen molar-refractivity contribution < 1.29 is 12.8 Å². The lowest BCUT2D eigenvalue weighted by Gasteiger charge is -2.10. The monoisotopic (exact) mass is 349 g/mol. The second-order valence-corrected chi connectivity index (χ2v) is 7.73. The van der Waals surface area contributed by atoms with Crippen LogP contribution >= 0.6 is 0 Å². The van der Waals surface area contributed by atoms with E-state index in [0.717, 1.165) is 5.56 Å². The normalized spacial score (nSPS) is 11.7. The molecule has 4 rings (SSSR count). The molecule has 0 aliphatic rings. The number of sulfone groups is 1. The highest BCUT2D eigenvalue weighted by Gasteiger charge is 2.22. The van der Waals surface area contributed by atoms with Crippen LogP contribution in [0.25, 0.3) is 22.4 Å². The third kappa shape index (κ3) is 2.72. The van der Waals surface area contributed by atoms with Crippen molar-refractivity contribution in [1.29, 1.82) is 0 Å². The molecule has 0 bridgehead atoms. The Hall–Kier alpha value is -2.92. The molecular weight excluding hydrogens is 334 g/mol. The van der Waals surface area contributed by atoms with Gasteiger partial charge in [0, 0.05) is 5.39 Å². The Morgan fingerprint density at radius 3 is 2.40 bits per heavy atom. The number of aromatic nitrogens is 1. The van der Waals surface area contributed by atoms with Crippen LogP contribution in [0.3, 0.4) is 0 Å². The second-order valence-electron chi connectivity index (χ2n) is 5.82. The zero-order chi connectivity index (χ0) is 17.4. The molecule has 124 valence electrons. The molecule has 2 aromatic carbocycles. The lowest BCUT2D eigenvalue weighted by atomic mass is 10.2. The van der Waals surface area contributed by atoms with Crippen LogP contribution in [-0.2, 0) is 9.84 Å². The molecule has 4 nitrogen and oxygen atoms in total. The van der Waals surface area contributed by atoms with Gasteiger partial charge in [0.1, 0.15) is 5.69 Å². The molecule has 2 aromatic heterocycles. The van der Waals surface area contributed by atoms with Gasteiger partial charge in [-0.15, -0.1) is 0 Å². The first-order chi connectivity index (χ1) is 12.1. The number of furan rings is 1. The summed E-state index contributed by atoms with van der Waals surface area (Å²) in [6.45, 7) is 1.92. The predicted octanol–water partition coefficient (Wildman–Crippen LogP) is 4.64. The van der Waals surface area contributed by atoms with Crippen molar-refractivity contribution in [2.75, 3.05) is 0 Å². The van der Waals surface area contributed by atoms with E-state index in [4.69, 9.17) is 4.42 Å². The van der Waals surface area contributed by atoms with Gasteiger partial charge in [0.2, 0.25) is 9.84 Å². The van der Waals surface area contributed by atoms with Gasteiger partial charge in [0.15, 0.2) is 5.76 Å². The quantitative estimate of drug-likeness (QED) is 0.541. The van der Waals surface area contributed by atoms with E-state index < -0.39 is 9.84 Å². The molecule has 4 aromatic rings. The van der Waals surface area contributed by atoms with E-state index in [1.807, 2.05) is 19.1 Å². The fraction of sp³-hybridized carbons (Fsp3) is 0.0500. The summed E-state index contributed by atoms with van der Waals surface area (Å²) in [7, 11) is -3.68. The molecule has 0 amide bonds. The zero-order valence-corrected chi connectivity index (χ0v) is 14.3. The van der Waals surface area contributed by atoms with Gasteiger partial charge in [0.05, 0.1) is 21.6 Å². The van der Waals surface area contributed by atoms with Crippen molar-refractivity contribution in [2.24, 2.45) is 0 Å². The largest absolute Gasteiger partial charge is 0.463 e. The molecule has 0 radical (unpaired) electrons. The van der Waals surface area contributed by atoms with Crippen molar-refractivity contribution >= 4 is 20.7 Å². The molecule has 0 saturated carbocycles. The fourth-order valence-electron chi connectivity index (χ4n) is 2.76. The Kier molecular flexibility index (Phi) is 3.66. The van der Waals surface area contributed by atoms with Gasteiger partial charge in [-0.2, -0.15) is 0 Å². The third-order valence-electron chi connectivity index (χ3n) is 4.07. The second kappa shape index (κ2) is 5.86. The first-order valence-corrected chi connectivity index (χ1v) is 9.29. The molecule has 2 heterocycles. The van der Waals surface area contributed by atoms with Crippen LogP contribution in [0, 0.1) is 6.92 Å². The van der Waals surface area contributed by atoms with Crippen LogP contribution in [0.15, 0.2) is 87.2 Å². The number of benzene rings is 2. The fourth-order valence-corrected chi connectivity index (χ4v) is 4.24. The van der Waals surface area contributed by atoms with Crippen molar-refractivity contribution in [2.45, 2.75) is 16.7 Å². The van der Waals surface area contributed by atoms with Crippen LogP contribution in [0.2, 0.25) is 0 Å². The van der Waals surface area contributed by atoms with Gasteiger partial charge in [0.25, 0.3) is 0 Å². The molecule has 0 atom stereocenters. The first kappa shape index (κ1) is 15.6. The SMILES string of the molecule is Cc1ccc(S(=O)(=O)c2cc(-c3ccco3)nc3ccccc23)cc1. The summed E-state index contributed by atoms with van der Waals surface area (Å²) in [5.74, 6) is 0.533. The Morgan fingerprint density at radius 2 is 1.68 bits per heavy atom. The number of fused-ring (bicyclic) bond motifs is 1. The molecule has 0 N–H and O–H groups in total. The number of nitrogens with zero attached hydrogens (tertiary/aromatic N) is 1. The molecule has 0 spiro atoms. The Balaban J connectivity index is 2.01. The molecule has 5 heteroatoms. The minimum absolute atomic E-state index is 0.230. The van der Waals surface area contributed by atoms with Gasteiger partial charge >= 0.3 is 0 Å². The molecule has 0 fully saturated rings. The Morgan fingerprint density at radius 1 is 0.920 bits per heavy atom. The standard InChI is InChI=1S/C20H15NO3S/c1-14-8-10-15(11-9-14)25(22,23)20-13-18(19-7-4-12-24-19)21-17-6-3-2-5-16(17)20/h2-13H,1H3. The maximum atomic E-state index is 13.2. The van der Waals surface area contributed by atoms with Crippen LogP contribution in [0.4, 0.5) is 0 Å². The minimum Gasteiger partial charge on any atom is -0.463 e. The number of pyridine rings is 1. The summed E-state index contributed by atoms with van der Waals surface area (Å²) in [6.07, 6.45) is 1.54.